The van der Waals surface area contributed by atoms with E-state index in [0.717, 1.165) is 24.0 Å². The Balaban J connectivity index is 1.11. The monoisotopic (exact) mass is 480 g/mol. The van der Waals surface area contributed by atoms with Crippen LogP contribution in [0.5, 0.6) is 0 Å². The summed E-state index contributed by atoms with van der Waals surface area (Å²) in [6.45, 7) is 1.94. The highest BCUT2D eigenvalue weighted by Crippen LogP contribution is 2.44. The molecule has 1 aliphatic heterocycles. The molecule has 4 rings (SSSR count). The Morgan fingerprint density at radius 1 is 0.971 bits per heavy atom. The van der Waals surface area contributed by atoms with E-state index in [4.69, 9.17) is 14.6 Å². The minimum Gasteiger partial charge on any atom is -0.481 e. The van der Waals surface area contributed by atoms with Crippen molar-refractivity contribution >= 4 is 18.0 Å². The molecule has 8 heteroatoms. The molecule has 2 N–H and O–H groups in total. The van der Waals surface area contributed by atoms with Crippen molar-refractivity contribution in [3.63, 3.8) is 0 Å². The van der Waals surface area contributed by atoms with Gasteiger partial charge in [-0.15, -0.1) is 0 Å². The minimum absolute atomic E-state index is 0.00953. The average molecular weight is 481 g/mol. The molecular weight excluding hydrogens is 448 g/mol. The molecule has 0 spiro atoms. The van der Waals surface area contributed by atoms with Crippen LogP contribution in [-0.2, 0) is 19.1 Å². The molecule has 1 heterocycles. The van der Waals surface area contributed by atoms with Crippen LogP contribution in [0, 0.1) is 5.92 Å². The van der Waals surface area contributed by atoms with E-state index in [-0.39, 0.29) is 44.6 Å². The number of amides is 2. The summed E-state index contributed by atoms with van der Waals surface area (Å²) in [6.07, 6.45) is 1.98. The van der Waals surface area contributed by atoms with Gasteiger partial charge in [-0.05, 0) is 47.4 Å². The van der Waals surface area contributed by atoms with Crippen molar-refractivity contribution in [1.29, 1.82) is 0 Å². The molecule has 0 bridgehead atoms. The summed E-state index contributed by atoms with van der Waals surface area (Å²) in [4.78, 5) is 37.0. The topological polar surface area (TPSA) is 105 Å². The number of aliphatic carboxylic acids is 1. The van der Waals surface area contributed by atoms with Gasteiger partial charge in [0.2, 0.25) is 5.91 Å². The van der Waals surface area contributed by atoms with E-state index in [1.165, 1.54) is 11.1 Å². The highest BCUT2D eigenvalue weighted by Gasteiger charge is 2.29. The van der Waals surface area contributed by atoms with E-state index in [2.05, 4.69) is 29.6 Å². The number of benzene rings is 2. The third-order valence-electron chi connectivity index (χ3n) is 6.82. The fourth-order valence-corrected chi connectivity index (χ4v) is 4.92. The number of alkyl carbamates (subject to hydrolysis) is 1. The lowest BCUT2D eigenvalue weighted by Crippen LogP contribution is -2.41. The number of nitrogens with zero attached hydrogens (tertiary/aromatic N) is 1. The maximum absolute atomic E-state index is 12.3. The maximum Gasteiger partial charge on any atom is 0.407 e. The van der Waals surface area contributed by atoms with Crippen LogP contribution in [0.3, 0.4) is 0 Å². The Labute approximate surface area is 205 Å². The zero-order valence-electron chi connectivity index (χ0n) is 19.8. The first-order valence-corrected chi connectivity index (χ1v) is 12.2. The number of likely N-dealkylation sites (tertiary alicyclic amines) is 1. The van der Waals surface area contributed by atoms with Gasteiger partial charge in [0.15, 0.2) is 0 Å². The summed E-state index contributed by atoms with van der Waals surface area (Å²) in [7, 11) is 0. The van der Waals surface area contributed by atoms with Crippen molar-refractivity contribution in [1.82, 2.24) is 10.2 Å². The van der Waals surface area contributed by atoms with Crippen molar-refractivity contribution in [3.05, 3.63) is 59.7 Å². The summed E-state index contributed by atoms with van der Waals surface area (Å²) < 4.78 is 10.9. The van der Waals surface area contributed by atoms with Crippen molar-refractivity contribution in [3.8, 4) is 11.1 Å². The molecule has 0 aromatic heterocycles. The third-order valence-corrected chi connectivity index (χ3v) is 6.82. The van der Waals surface area contributed by atoms with Gasteiger partial charge in [-0.1, -0.05) is 48.5 Å². The molecule has 0 atom stereocenters. The van der Waals surface area contributed by atoms with E-state index < -0.39 is 12.1 Å². The number of nitrogens with one attached hydrogen (secondary N) is 1. The Kier molecular flexibility index (Phi) is 8.36. The van der Waals surface area contributed by atoms with E-state index >= 15 is 0 Å². The zero-order chi connectivity index (χ0) is 24.6. The van der Waals surface area contributed by atoms with Crippen molar-refractivity contribution in [2.75, 3.05) is 39.5 Å². The lowest BCUT2D eigenvalue weighted by Gasteiger charge is -2.31. The number of piperidine rings is 1. The van der Waals surface area contributed by atoms with E-state index in [1.807, 2.05) is 24.3 Å². The average Bonchev–Trinajstić information content (AvgIpc) is 3.20. The molecule has 1 fully saturated rings. The van der Waals surface area contributed by atoms with Crippen molar-refractivity contribution < 1.29 is 29.0 Å². The van der Waals surface area contributed by atoms with Crippen LogP contribution < -0.4 is 5.32 Å². The van der Waals surface area contributed by atoms with E-state index in [0.29, 0.717) is 25.4 Å². The number of rotatable bonds is 10. The predicted molar refractivity (Wildman–Crippen MR) is 130 cm³/mol. The second kappa shape index (κ2) is 11.8. The minimum atomic E-state index is -0.774. The molecule has 2 aromatic rings. The number of carboxylic acids is 1. The number of fused-ring (bicyclic) bond motifs is 3. The first kappa shape index (κ1) is 24.7. The van der Waals surface area contributed by atoms with Gasteiger partial charge in [-0.25, -0.2) is 4.79 Å². The van der Waals surface area contributed by atoms with Crippen LogP contribution in [0.25, 0.3) is 11.1 Å². The molecule has 1 saturated heterocycles. The number of hydrogen-bond acceptors (Lipinski definition) is 5. The van der Waals surface area contributed by atoms with Crippen molar-refractivity contribution in [2.45, 2.75) is 31.6 Å². The largest absolute Gasteiger partial charge is 0.481 e. The number of carboxylic acid groups (broad SMARTS) is 1. The van der Waals surface area contributed by atoms with Crippen LogP contribution in [0.1, 0.15) is 42.7 Å². The van der Waals surface area contributed by atoms with Gasteiger partial charge in [-0.2, -0.15) is 0 Å². The number of hydrogen-bond donors (Lipinski definition) is 2. The highest BCUT2D eigenvalue weighted by atomic mass is 16.5. The van der Waals surface area contributed by atoms with Crippen molar-refractivity contribution in [2.24, 2.45) is 5.92 Å². The molecule has 2 amide bonds. The molecular formula is C27H32N2O6. The Bertz CT molecular complexity index is 1000. The molecule has 0 unspecified atom stereocenters. The number of carbonyl (C=O) groups is 3. The van der Waals surface area contributed by atoms with Crippen LogP contribution in [0.15, 0.2) is 48.5 Å². The standard InChI is InChI=1S/C27H32N2O6/c30-25(29-14-11-19(12-15-29)9-10-26(31)32)18-34-16-13-28-27(33)35-17-24-22-7-3-1-5-20(22)21-6-2-4-8-23(21)24/h1-8,19,24H,9-18H2,(H,28,33)(H,31,32). The van der Waals surface area contributed by atoms with Gasteiger partial charge >= 0.3 is 12.1 Å². The smallest absolute Gasteiger partial charge is 0.407 e. The molecule has 8 nitrogen and oxygen atoms in total. The Morgan fingerprint density at radius 3 is 2.23 bits per heavy atom. The SMILES string of the molecule is O=C(O)CCC1CCN(C(=O)COCCNC(=O)OCC2c3ccccc3-c3ccccc32)CC1. The van der Waals surface area contributed by atoms with Crippen LogP contribution in [-0.4, -0.2) is 67.4 Å². The fourth-order valence-electron chi connectivity index (χ4n) is 4.92. The third kappa shape index (κ3) is 6.39. The fraction of sp³-hybridized carbons (Fsp3) is 0.444. The zero-order valence-corrected chi connectivity index (χ0v) is 19.8. The van der Waals surface area contributed by atoms with Crippen LogP contribution in [0.4, 0.5) is 4.79 Å². The lowest BCUT2D eigenvalue weighted by atomic mass is 9.92. The maximum atomic E-state index is 12.3. The van der Waals surface area contributed by atoms with Gasteiger partial charge in [0.1, 0.15) is 13.2 Å². The molecule has 0 radical (unpaired) electrons. The van der Waals surface area contributed by atoms with E-state index in [1.54, 1.807) is 4.90 Å². The first-order chi connectivity index (χ1) is 17.0. The molecule has 2 aromatic carbocycles. The normalized spacial score (nSPS) is 15.4. The summed E-state index contributed by atoms with van der Waals surface area (Å²) in [5.74, 6) is -0.487. The lowest BCUT2D eigenvalue weighted by molar-refractivity contribution is -0.139. The van der Waals surface area contributed by atoms with Gasteiger partial charge in [-0.3, -0.25) is 9.59 Å². The van der Waals surface area contributed by atoms with Gasteiger partial charge in [0.25, 0.3) is 0 Å². The second-order valence-corrected chi connectivity index (χ2v) is 9.06. The second-order valence-electron chi connectivity index (χ2n) is 9.06. The summed E-state index contributed by atoms with van der Waals surface area (Å²) in [5.41, 5.74) is 4.68. The number of ether oxygens (including phenoxy) is 2. The first-order valence-electron chi connectivity index (χ1n) is 12.2. The molecule has 35 heavy (non-hydrogen) atoms. The molecule has 0 saturated carbocycles. The van der Waals surface area contributed by atoms with Crippen LogP contribution >= 0.6 is 0 Å². The molecule has 2 aliphatic rings. The predicted octanol–water partition coefficient (Wildman–Crippen LogP) is 3.65. The summed E-state index contributed by atoms with van der Waals surface area (Å²) >= 11 is 0. The van der Waals surface area contributed by atoms with Gasteiger partial charge in [0.05, 0.1) is 6.61 Å². The van der Waals surface area contributed by atoms with Gasteiger partial charge in [0, 0.05) is 32.0 Å². The highest BCUT2D eigenvalue weighted by molar-refractivity contribution is 5.79. The summed E-state index contributed by atoms with van der Waals surface area (Å²) in [5, 5.41) is 11.5. The molecule has 1 aliphatic carbocycles. The van der Waals surface area contributed by atoms with Gasteiger partial charge < -0.3 is 24.8 Å². The summed E-state index contributed by atoms with van der Waals surface area (Å²) in [6, 6.07) is 16.4. The Morgan fingerprint density at radius 2 is 1.60 bits per heavy atom. The van der Waals surface area contributed by atoms with E-state index in [9.17, 15) is 14.4 Å². The van der Waals surface area contributed by atoms with Crippen LogP contribution in [0.2, 0.25) is 0 Å². The quantitative estimate of drug-likeness (QED) is 0.503. The Hall–Kier alpha value is -3.39. The molecule has 186 valence electrons. The number of carbonyl (C=O) groups excluding carboxylic acids is 2.